The lowest BCUT2D eigenvalue weighted by Crippen LogP contribution is -2.25. The number of aryl methyl sites for hydroxylation is 2. The highest BCUT2D eigenvalue weighted by Gasteiger charge is 2.24. The molecule has 4 aromatic rings. The quantitative estimate of drug-likeness (QED) is 0.483. The summed E-state index contributed by atoms with van der Waals surface area (Å²) in [7, 11) is 3.10. The summed E-state index contributed by atoms with van der Waals surface area (Å²) in [4.78, 5) is 26.5. The lowest BCUT2D eigenvalue weighted by Gasteiger charge is -2.19. The number of carbonyl (C=O) groups excluding carboxylic acids is 1. The molecule has 4 rings (SSSR count). The largest absolute Gasteiger partial charge is 0.497 e. The minimum atomic E-state index is -0.575. The molecule has 1 amide bonds. The van der Waals surface area contributed by atoms with Crippen LogP contribution in [0.4, 0.5) is 5.69 Å². The topological polar surface area (TPSA) is 87.4 Å². The molecule has 1 atom stereocenters. The highest BCUT2D eigenvalue weighted by atomic mass is 16.5. The van der Waals surface area contributed by atoms with Crippen LogP contribution in [0.3, 0.4) is 0 Å². The Kier molecular flexibility index (Phi) is 5.91. The van der Waals surface area contributed by atoms with Crippen molar-refractivity contribution >= 4 is 22.4 Å². The molecule has 0 saturated carbocycles. The number of methoxy groups -OCH3 is 2. The normalized spacial score (nSPS) is 11.9. The summed E-state index contributed by atoms with van der Waals surface area (Å²) in [6.07, 6.45) is 1.68. The highest BCUT2D eigenvalue weighted by Crippen LogP contribution is 2.31. The zero-order valence-corrected chi connectivity index (χ0v) is 19.2. The van der Waals surface area contributed by atoms with Crippen LogP contribution in [0.2, 0.25) is 0 Å². The van der Waals surface area contributed by atoms with E-state index in [1.807, 2.05) is 48.7 Å². The number of hydrogen-bond donors (Lipinski definition) is 1. The smallest absolute Gasteiger partial charge is 0.281 e. The molecule has 0 saturated heterocycles. The van der Waals surface area contributed by atoms with Crippen molar-refractivity contribution in [1.82, 2.24) is 14.3 Å². The van der Waals surface area contributed by atoms with Crippen molar-refractivity contribution in [3.63, 3.8) is 0 Å². The van der Waals surface area contributed by atoms with Crippen LogP contribution in [0.25, 0.3) is 16.5 Å². The lowest BCUT2D eigenvalue weighted by atomic mass is 10.2. The summed E-state index contributed by atoms with van der Waals surface area (Å²) in [5, 5.41) is 8.56. The molecule has 2 heterocycles. The van der Waals surface area contributed by atoms with E-state index in [1.54, 1.807) is 38.4 Å². The van der Waals surface area contributed by atoms with Crippen LogP contribution in [-0.2, 0) is 4.79 Å². The number of aromatic nitrogens is 3. The Morgan fingerprint density at radius 1 is 1.03 bits per heavy atom. The van der Waals surface area contributed by atoms with E-state index in [1.165, 1.54) is 11.8 Å². The Bertz CT molecular complexity index is 1390. The molecule has 0 aliphatic heterocycles. The molecular weight excluding hydrogens is 420 g/mol. The predicted molar refractivity (Wildman–Crippen MR) is 128 cm³/mol. The van der Waals surface area contributed by atoms with Crippen molar-refractivity contribution in [2.75, 3.05) is 19.5 Å². The van der Waals surface area contributed by atoms with Gasteiger partial charge in [0, 0.05) is 22.8 Å². The number of hydrogen-bond acceptors (Lipinski definition) is 5. The van der Waals surface area contributed by atoms with Crippen LogP contribution >= 0.6 is 0 Å². The molecule has 0 bridgehead atoms. The van der Waals surface area contributed by atoms with E-state index < -0.39 is 6.04 Å². The van der Waals surface area contributed by atoms with E-state index in [0.29, 0.717) is 34.0 Å². The Morgan fingerprint density at radius 2 is 1.76 bits per heavy atom. The van der Waals surface area contributed by atoms with Gasteiger partial charge in [-0.1, -0.05) is 18.2 Å². The summed E-state index contributed by atoms with van der Waals surface area (Å²) in [6.45, 7) is 5.54. The first-order chi connectivity index (χ1) is 15.9. The molecule has 0 aliphatic carbocycles. The zero-order valence-electron chi connectivity index (χ0n) is 19.2. The molecule has 0 fully saturated rings. The highest BCUT2D eigenvalue weighted by molar-refractivity contribution is 5.96. The standard InChI is InChI=1S/C25H26N4O4/c1-15-20-14-26-29(18-9-7-6-8-10-18)25(31)23(20)16(2)28(15)17(3)24(30)27-21-12-11-19(32-4)13-22(21)33-5/h6-14,17H,1-5H3,(H,27,30)/t17-/m1/s1. The van der Waals surface area contributed by atoms with Gasteiger partial charge in [0.25, 0.3) is 5.56 Å². The van der Waals surface area contributed by atoms with Gasteiger partial charge in [0.2, 0.25) is 5.91 Å². The number of anilines is 1. The number of amides is 1. The maximum Gasteiger partial charge on any atom is 0.281 e. The molecule has 2 aromatic heterocycles. The van der Waals surface area contributed by atoms with Crippen molar-refractivity contribution < 1.29 is 14.3 Å². The van der Waals surface area contributed by atoms with E-state index in [2.05, 4.69) is 10.4 Å². The maximum atomic E-state index is 13.3. The van der Waals surface area contributed by atoms with Crippen molar-refractivity contribution in [2.45, 2.75) is 26.8 Å². The molecule has 0 unspecified atom stereocenters. The van der Waals surface area contributed by atoms with Gasteiger partial charge >= 0.3 is 0 Å². The summed E-state index contributed by atoms with van der Waals surface area (Å²) in [6, 6.07) is 13.9. The fourth-order valence-corrected chi connectivity index (χ4v) is 4.17. The van der Waals surface area contributed by atoms with Gasteiger partial charge in [-0.15, -0.1) is 0 Å². The monoisotopic (exact) mass is 446 g/mol. The molecule has 0 spiro atoms. The Morgan fingerprint density at radius 3 is 2.42 bits per heavy atom. The van der Waals surface area contributed by atoms with Crippen LogP contribution < -0.4 is 20.3 Å². The molecule has 0 aliphatic rings. The second-order valence-electron chi connectivity index (χ2n) is 7.76. The first-order valence-electron chi connectivity index (χ1n) is 10.5. The van der Waals surface area contributed by atoms with E-state index in [-0.39, 0.29) is 11.5 Å². The van der Waals surface area contributed by atoms with Crippen LogP contribution in [0, 0.1) is 13.8 Å². The number of nitrogens with one attached hydrogen (secondary N) is 1. The average Bonchev–Trinajstić information content (AvgIpc) is 3.09. The molecule has 2 aromatic carbocycles. The van der Waals surface area contributed by atoms with Gasteiger partial charge in [0.1, 0.15) is 17.5 Å². The van der Waals surface area contributed by atoms with Gasteiger partial charge < -0.3 is 19.4 Å². The first kappa shape index (κ1) is 22.1. The van der Waals surface area contributed by atoms with Gasteiger partial charge in [-0.3, -0.25) is 9.59 Å². The number of nitrogens with zero attached hydrogens (tertiary/aromatic N) is 3. The summed E-state index contributed by atoms with van der Waals surface area (Å²) in [5.74, 6) is 0.890. The van der Waals surface area contributed by atoms with Gasteiger partial charge in [-0.2, -0.15) is 9.78 Å². The Hall–Kier alpha value is -4.07. The summed E-state index contributed by atoms with van der Waals surface area (Å²) < 4.78 is 13.9. The lowest BCUT2D eigenvalue weighted by molar-refractivity contribution is -0.118. The number of ether oxygens (including phenoxy) is 2. The van der Waals surface area contributed by atoms with E-state index in [0.717, 1.165) is 11.1 Å². The molecule has 8 nitrogen and oxygen atoms in total. The van der Waals surface area contributed by atoms with E-state index in [9.17, 15) is 9.59 Å². The van der Waals surface area contributed by atoms with Gasteiger partial charge in [-0.05, 0) is 45.0 Å². The number of carbonyl (C=O) groups is 1. The molecule has 8 heteroatoms. The fourth-order valence-electron chi connectivity index (χ4n) is 4.17. The van der Waals surface area contributed by atoms with E-state index in [4.69, 9.17) is 9.47 Å². The average molecular weight is 447 g/mol. The second-order valence-corrected chi connectivity index (χ2v) is 7.76. The summed E-state index contributed by atoms with van der Waals surface area (Å²) >= 11 is 0. The van der Waals surface area contributed by atoms with E-state index >= 15 is 0 Å². The first-order valence-corrected chi connectivity index (χ1v) is 10.5. The Labute approximate surface area is 191 Å². The second kappa shape index (κ2) is 8.82. The van der Waals surface area contributed by atoms with Crippen LogP contribution in [0.15, 0.2) is 59.5 Å². The number of benzene rings is 2. The van der Waals surface area contributed by atoms with Gasteiger partial charge in [0.15, 0.2) is 0 Å². The van der Waals surface area contributed by atoms with Gasteiger partial charge in [-0.25, -0.2) is 0 Å². The molecule has 33 heavy (non-hydrogen) atoms. The third-order valence-electron chi connectivity index (χ3n) is 5.89. The third-order valence-corrected chi connectivity index (χ3v) is 5.89. The van der Waals surface area contributed by atoms with Crippen molar-refractivity contribution in [2.24, 2.45) is 0 Å². The molecule has 0 radical (unpaired) electrons. The van der Waals surface area contributed by atoms with Crippen LogP contribution in [-0.4, -0.2) is 34.5 Å². The number of rotatable bonds is 6. The maximum absolute atomic E-state index is 13.3. The number of fused-ring (bicyclic) bond motifs is 1. The fraction of sp³-hybridized carbons (Fsp3) is 0.240. The predicted octanol–water partition coefficient (Wildman–Crippen LogP) is 4.02. The minimum Gasteiger partial charge on any atom is -0.497 e. The SMILES string of the molecule is COc1ccc(NC(=O)[C@@H](C)n2c(C)c3cnn(-c4ccccc4)c(=O)c3c2C)c(OC)c1. The zero-order chi connectivity index (χ0) is 23.7. The van der Waals surface area contributed by atoms with Crippen LogP contribution in [0.1, 0.15) is 24.4 Å². The Balaban J connectivity index is 1.73. The van der Waals surface area contributed by atoms with Crippen molar-refractivity contribution in [3.8, 4) is 17.2 Å². The van der Waals surface area contributed by atoms with Crippen molar-refractivity contribution in [1.29, 1.82) is 0 Å². The van der Waals surface area contributed by atoms with Gasteiger partial charge in [0.05, 0.1) is 37.2 Å². The van der Waals surface area contributed by atoms with Crippen molar-refractivity contribution in [3.05, 3.63) is 76.5 Å². The molecule has 1 N–H and O–H groups in total. The third kappa shape index (κ3) is 3.84. The minimum absolute atomic E-state index is 0.220. The number of para-hydroxylation sites is 1. The molecule has 170 valence electrons. The summed E-state index contributed by atoms with van der Waals surface area (Å²) in [5.41, 5.74) is 2.52. The van der Waals surface area contributed by atoms with Crippen LogP contribution in [0.5, 0.6) is 11.5 Å². The molecular formula is C25H26N4O4.